The van der Waals surface area contributed by atoms with E-state index in [-0.39, 0.29) is 17.3 Å². The average molecular weight is 372 g/mol. The van der Waals surface area contributed by atoms with Gasteiger partial charge in [-0.15, -0.1) is 0 Å². The Morgan fingerprint density at radius 3 is 2.23 bits per heavy atom. The van der Waals surface area contributed by atoms with Crippen molar-refractivity contribution in [2.45, 2.75) is 13.8 Å². The summed E-state index contributed by atoms with van der Waals surface area (Å²) in [5.74, 6) is -1.38. The van der Waals surface area contributed by atoms with Crippen molar-refractivity contribution in [3.8, 4) is 0 Å². The van der Waals surface area contributed by atoms with E-state index in [0.29, 0.717) is 12.1 Å². The first-order valence-corrected chi connectivity index (χ1v) is 10.00. The van der Waals surface area contributed by atoms with Gasteiger partial charge in [-0.25, -0.2) is 12.7 Å². The fourth-order valence-corrected chi connectivity index (χ4v) is 4.85. The van der Waals surface area contributed by atoms with E-state index in [9.17, 15) is 18.0 Å². The van der Waals surface area contributed by atoms with Gasteiger partial charge in [0.2, 0.25) is 15.9 Å². The van der Waals surface area contributed by atoms with Crippen LogP contribution in [-0.2, 0) is 14.8 Å². The van der Waals surface area contributed by atoms with Gasteiger partial charge in [-0.3, -0.25) is 9.59 Å². The summed E-state index contributed by atoms with van der Waals surface area (Å²) in [6, 6.07) is 15.4. The highest BCUT2D eigenvalue weighted by Crippen LogP contribution is 2.28. The smallest absolute Gasteiger partial charge is 0.258 e. The van der Waals surface area contributed by atoms with Crippen LogP contribution in [0.5, 0.6) is 0 Å². The summed E-state index contributed by atoms with van der Waals surface area (Å²) in [6.07, 6.45) is 0. The van der Waals surface area contributed by atoms with E-state index in [2.05, 4.69) is 0 Å². The molecule has 0 spiro atoms. The molecule has 1 fully saturated rings. The normalized spacial score (nSPS) is 18.8. The number of sulfonamides is 1. The first-order valence-electron chi connectivity index (χ1n) is 8.39. The molecule has 6 nitrogen and oxygen atoms in total. The molecule has 0 aliphatic carbocycles. The lowest BCUT2D eigenvalue weighted by Gasteiger charge is -2.21. The van der Waals surface area contributed by atoms with Crippen LogP contribution in [0.2, 0.25) is 0 Å². The Morgan fingerprint density at radius 2 is 1.73 bits per heavy atom. The van der Waals surface area contributed by atoms with E-state index in [1.165, 1.54) is 12.1 Å². The Balaban J connectivity index is 1.88. The zero-order valence-electron chi connectivity index (χ0n) is 14.6. The Kier molecular flexibility index (Phi) is 4.82. The predicted octanol–water partition coefficient (Wildman–Crippen LogP) is 2.67. The second-order valence-electron chi connectivity index (χ2n) is 6.21. The van der Waals surface area contributed by atoms with Gasteiger partial charge in [0.05, 0.1) is 17.4 Å². The van der Waals surface area contributed by atoms with Crippen molar-refractivity contribution >= 4 is 33.2 Å². The van der Waals surface area contributed by atoms with Gasteiger partial charge in [0, 0.05) is 17.8 Å². The molecule has 0 bridgehead atoms. The summed E-state index contributed by atoms with van der Waals surface area (Å²) in [5.41, 5.74) is 1.48. The molecule has 0 saturated carbocycles. The fourth-order valence-electron chi connectivity index (χ4n) is 3.03. The van der Waals surface area contributed by atoms with Crippen molar-refractivity contribution in [2.24, 2.45) is 5.92 Å². The number of hydrogen-bond donors (Lipinski definition) is 0. The largest absolute Gasteiger partial charge is 0.309 e. The topological polar surface area (TPSA) is 74.8 Å². The standard InChI is InChI=1S/C19H20N2O4S/c1-3-20(16-7-5-4-6-8-16)19(23)15-9-11-17(12-10-15)21-18(22)14(2)13-26(21,24)25/h4-12,14H,3,13H2,1-2H3/t14-/m0/s1. The number of amides is 2. The first-order chi connectivity index (χ1) is 12.3. The van der Waals surface area contributed by atoms with Gasteiger partial charge in [0.15, 0.2) is 0 Å². The molecule has 0 unspecified atom stereocenters. The van der Waals surface area contributed by atoms with Crippen LogP contribution < -0.4 is 9.21 Å². The summed E-state index contributed by atoms with van der Waals surface area (Å²) in [5, 5.41) is 0. The molecule has 3 rings (SSSR count). The predicted molar refractivity (Wildman–Crippen MR) is 101 cm³/mol. The quantitative estimate of drug-likeness (QED) is 0.827. The van der Waals surface area contributed by atoms with E-state index in [1.807, 2.05) is 37.3 Å². The van der Waals surface area contributed by atoms with Crippen LogP contribution in [0, 0.1) is 5.92 Å². The van der Waals surface area contributed by atoms with E-state index < -0.39 is 21.8 Å². The van der Waals surface area contributed by atoms with E-state index in [0.717, 1.165) is 9.99 Å². The van der Waals surface area contributed by atoms with Crippen LogP contribution in [0.4, 0.5) is 11.4 Å². The van der Waals surface area contributed by atoms with Gasteiger partial charge in [0.1, 0.15) is 0 Å². The molecule has 1 aliphatic rings. The maximum atomic E-state index is 12.8. The molecule has 26 heavy (non-hydrogen) atoms. The highest BCUT2D eigenvalue weighted by Gasteiger charge is 2.41. The van der Waals surface area contributed by atoms with E-state index >= 15 is 0 Å². The summed E-state index contributed by atoms with van der Waals surface area (Å²) < 4.78 is 25.2. The maximum absolute atomic E-state index is 12.8. The van der Waals surface area contributed by atoms with Crippen LogP contribution in [0.25, 0.3) is 0 Å². The molecule has 0 radical (unpaired) electrons. The van der Waals surface area contributed by atoms with Crippen molar-refractivity contribution in [1.82, 2.24) is 0 Å². The molecule has 2 aromatic carbocycles. The number of nitrogens with zero attached hydrogens (tertiary/aromatic N) is 2. The van der Waals surface area contributed by atoms with Gasteiger partial charge in [-0.05, 0) is 43.3 Å². The second-order valence-corrected chi connectivity index (χ2v) is 8.08. The minimum atomic E-state index is -3.65. The van der Waals surface area contributed by atoms with Gasteiger partial charge in [-0.2, -0.15) is 0 Å². The van der Waals surface area contributed by atoms with Crippen LogP contribution in [-0.4, -0.2) is 32.5 Å². The molecule has 2 amide bonds. The Labute approximate surface area is 153 Å². The van der Waals surface area contributed by atoms with Gasteiger partial charge < -0.3 is 4.90 Å². The lowest BCUT2D eigenvalue weighted by molar-refractivity contribution is -0.119. The molecular formula is C19H20N2O4S. The second kappa shape index (κ2) is 6.92. The number of anilines is 2. The Morgan fingerprint density at radius 1 is 1.12 bits per heavy atom. The fraction of sp³-hybridized carbons (Fsp3) is 0.263. The summed E-state index contributed by atoms with van der Waals surface area (Å²) >= 11 is 0. The number of benzene rings is 2. The summed E-state index contributed by atoms with van der Waals surface area (Å²) in [4.78, 5) is 26.6. The molecule has 0 N–H and O–H groups in total. The minimum absolute atomic E-state index is 0.186. The molecule has 7 heteroatoms. The van der Waals surface area contributed by atoms with Gasteiger partial charge in [-0.1, -0.05) is 25.1 Å². The number of carbonyl (C=O) groups is 2. The molecule has 136 valence electrons. The molecule has 1 heterocycles. The zero-order valence-corrected chi connectivity index (χ0v) is 15.4. The number of carbonyl (C=O) groups excluding carboxylic acids is 2. The molecule has 2 aromatic rings. The molecule has 1 atom stereocenters. The van der Waals surface area contributed by atoms with E-state index in [4.69, 9.17) is 0 Å². The third kappa shape index (κ3) is 3.22. The van der Waals surface area contributed by atoms with E-state index in [1.54, 1.807) is 24.0 Å². The van der Waals surface area contributed by atoms with Crippen molar-refractivity contribution in [3.63, 3.8) is 0 Å². The van der Waals surface area contributed by atoms with Crippen LogP contribution in [0.3, 0.4) is 0 Å². The van der Waals surface area contributed by atoms with Crippen molar-refractivity contribution in [2.75, 3.05) is 21.5 Å². The Hall–Kier alpha value is -2.67. The number of para-hydroxylation sites is 1. The maximum Gasteiger partial charge on any atom is 0.258 e. The van der Waals surface area contributed by atoms with Gasteiger partial charge >= 0.3 is 0 Å². The highest BCUT2D eigenvalue weighted by molar-refractivity contribution is 7.94. The van der Waals surface area contributed by atoms with Crippen molar-refractivity contribution in [1.29, 1.82) is 0 Å². The van der Waals surface area contributed by atoms with Crippen LogP contribution >= 0.6 is 0 Å². The van der Waals surface area contributed by atoms with Crippen LogP contribution in [0.15, 0.2) is 54.6 Å². The zero-order chi connectivity index (χ0) is 18.9. The average Bonchev–Trinajstić information content (AvgIpc) is 2.83. The molecule has 0 aromatic heterocycles. The third-order valence-electron chi connectivity index (χ3n) is 4.34. The lowest BCUT2D eigenvalue weighted by atomic mass is 10.1. The lowest BCUT2D eigenvalue weighted by Crippen LogP contribution is -2.31. The van der Waals surface area contributed by atoms with Crippen molar-refractivity contribution < 1.29 is 18.0 Å². The van der Waals surface area contributed by atoms with Crippen LogP contribution in [0.1, 0.15) is 24.2 Å². The van der Waals surface area contributed by atoms with Crippen molar-refractivity contribution in [3.05, 3.63) is 60.2 Å². The molecule has 1 saturated heterocycles. The minimum Gasteiger partial charge on any atom is -0.309 e. The third-order valence-corrected chi connectivity index (χ3v) is 6.21. The Bertz CT molecular complexity index is 924. The first kappa shape index (κ1) is 18.1. The number of rotatable bonds is 4. The summed E-state index contributed by atoms with van der Waals surface area (Å²) in [7, 11) is -3.65. The monoisotopic (exact) mass is 372 g/mol. The molecular weight excluding hydrogens is 352 g/mol. The summed E-state index contributed by atoms with van der Waals surface area (Å²) in [6.45, 7) is 3.98. The number of hydrogen-bond acceptors (Lipinski definition) is 4. The SMILES string of the molecule is CCN(C(=O)c1ccc(N2C(=O)[C@@H](C)CS2(=O)=O)cc1)c1ccccc1. The molecule has 1 aliphatic heterocycles. The van der Waals surface area contributed by atoms with Gasteiger partial charge in [0.25, 0.3) is 5.91 Å². The highest BCUT2D eigenvalue weighted by atomic mass is 32.2.